The van der Waals surface area contributed by atoms with E-state index in [9.17, 15) is 33.9 Å². The van der Waals surface area contributed by atoms with Crippen LogP contribution in [0.25, 0.3) is 10.2 Å². The molecule has 0 bridgehead atoms. The zero-order valence-corrected chi connectivity index (χ0v) is 52.3. The first kappa shape index (κ1) is 66.0. The highest BCUT2D eigenvalue weighted by Crippen LogP contribution is 2.34. The molecule has 0 radical (unpaired) electrons. The topological polar surface area (TPSA) is 262 Å². The second kappa shape index (κ2) is 32.4. The number of carboxylic acid groups (broad SMARTS) is 1. The summed E-state index contributed by atoms with van der Waals surface area (Å²) in [4.78, 5) is 93.1. The van der Waals surface area contributed by atoms with Gasteiger partial charge in [0, 0.05) is 100 Å². The number of nitrogens with zero attached hydrogens (tertiary/aromatic N) is 7. The number of para-hydroxylation sites is 1. The van der Waals surface area contributed by atoms with Crippen molar-refractivity contribution in [3.8, 4) is 17.6 Å². The summed E-state index contributed by atoms with van der Waals surface area (Å²) in [6, 6.07) is 17.4. The number of allylic oxidation sites excluding steroid dienone is 2. The number of anilines is 2. The maximum absolute atomic E-state index is 15.2. The van der Waals surface area contributed by atoms with Gasteiger partial charge in [-0.05, 0) is 104 Å². The summed E-state index contributed by atoms with van der Waals surface area (Å²) >= 11 is 2.71. The summed E-state index contributed by atoms with van der Waals surface area (Å²) in [5.74, 6) is 3.24. The summed E-state index contributed by atoms with van der Waals surface area (Å²) < 4.78 is 38.9. The van der Waals surface area contributed by atoms with Gasteiger partial charge in [-0.3, -0.25) is 49.4 Å². The number of hydrogen-bond acceptors (Lipinski definition) is 20. The number of imide groups is 1. The van der Waals surface area contributed by atoms with Crippen LogP contribution in [0.5, 0.6) is 5.75 Å². The number of hydrazine groups is 2. The standard InChI is InChI=1S/C64H75FN12O11S2/c1-5-12-52(49-38-76(36-42(49)2)43(3)60(81)66-44(4)78)67-57(79)41-87-34-32-85-31-33-86-40-47-37-77(72-71-47)24-10-19-58(80)74-28-26-73(27-29-74)23-9-13-45-20-21-54(51(65)35-45)88-30-11-18-56-59(62(83)84)69-64(90-56)75-25-22-46-14-8-15-48(50(46)39-75)61(82)70-63-68-53-16-6-7-17-55(53)89-63/h5-8,12,14-17,20-21,35,37,43,71-72H,2,10-11,18-19,22-34,36,38-41H2,1,3-4H3,(H,67,79)(H,83,84)(H,66,78,81)(H,68,70,82)/b12-5-,52-49+. The van der Waals surface area contributed by atoms with Crippen molar-refractivity contribution in [1.82, 2.24) is 51.3 Å². The molecule has 2 aromatic heterocycles. The maximum atomic E-state index is 15.2. The Morgan fingerprint density at radius 1 is 0.900 bits per heavy atom. The third-order valence-corrected chi connectivity index (χ3v) is 17.4. The maximum Gasteiger partial charge on any atom is 0.355 e. The molecule has 6 N–H and O–H groups in total. The minimum atomic E-state index is -1.13. The molecule has 26 heteroatoms. The van der Waals surface area contributed by atoms with Crippen molar-refractivity contribution in [2.24, 2.45) is 0 Å². The largest absolute Gasteiger partial charge is 0.491 e. The summed E-state index contributed by atoms with van der Waals surface area (Å²) in [6.45, 7) is 15.8. The molecule has 23 nitrogen and oxygen atoms in total. The summed E-state index contributed by atoms with van der Waals surface area (Å²) in [6.07, 6.45) is 7.97. The van der Waals surface area contributed by atoms with Crippen LogP contribution < -0.4 is 36.5 Å². The number of ether oxygens (including phenoxy) is 4. The van der Waals surface area contributed by atoms with E-state index in [0.717, 1.165) is 38.2 Å². The average molecular weight is 1270 g/mol. The minimum Gasteiger partial charge on any atom is -0.491 e. The predicted molar refractivity (Wildman–Crippen MR) is 340 cm³/mol. The van der Waals surface area contributed by atoms with Gasteiger partial charge in [-0.25, -0.2) is 19.2 Å². The number of hydrogen-bond donors (Lipinski definition) is 6. The van der Waals surface area contributed by atoms with Crippen molar-refractivity contribution in [2.45, 2.75) is 65.5 Å². The monoisotopic (exact) mass is 1270 g/mol. The van der Waals surface area contributed by atoms with Gasteiger partial charge in [-0.1, -0.05) is 60.1 Å². The van der Waals surface area contributed by atoms with Crippen LogP contribution in [0.2, 0.25) is 0 Å². The van der Waals surface area contributed by atoms with Crippen molar-refractivity contribution in [3.05, 3.63) is 147 Å². The van der Waals surface area contributed by atoms with E-state index in [0.29, 0.717) is 149 Å². The lowest BCUT2D eigenvalue weighted by atomic mass is 9.94. The van der Waals surface area contributed by atoms with Gasteiger partial charge in [0.25, 0.3) is 5.91 Å². The molecule has 4 aliphatic heterocycles. The quantitative estimate of drug-likeness (QED) is 0.0256. The number of carbonyl (C=O) groups excluding carboxylic acids is 5. The van der Waals surface area contributed by atoms with Crippen molar-refractivity contribution < 1.29 is 57.2 Å². The fraction of sp³-hybridized carbons (Fsp3) is 0.406. The Bertz CT molecular complexity index is 3570. The Balaban J connectivity index is 0.605. The average Bonchev–Trinajstić information content (AvgIpc) is 1.41. The van der Waals surface area contributed by atoms with Gasteiger partial charge < -0.3 is 44.6 Å². The Labute approximate surface area is 529 Å². The van der Waals surface area contributed by atoms with E-state index in [-0.39, 0.29) is 55.6 Å². The Kier molecular flexibility index (Phi) is 23.8. The van der Waals surface area contributed by atoms with Crippen LogP contribution in [-0.4, -0.2) is 181 Å². The smallest absolute Gasteiger partial charge is 0.355 e. The lowest BCUT2D eigenvalue weighted by Gasteiger charge is -2.33. The molecular weight excluding hydrogens is 1200 g/mol. The molecule has 2 fully saturated rings. The van der Waals surface area contributed by atoms with E-state index in [1.807, 2.05) is 69.2 Å². The van der Waals surface area contributed by atoms with E-state index >= 15 is 4.39 Å². The van der Waals surface area contributed by atoms with Crippen LogP contribution >= 0.6 is 22.7 Å². The minimum absolute atomic E-state index is 0.0276. The van der Waals surface area contributed by atoms with Crippen LogP contribution in [-0.2, 0) is 52.8 Å². The molecule has 0 aliphatic carbocycles. The molecule has 1 atom stereocenters. The first-order valence-corrected chi connectivity index (χ1v) is 31.5. The van der Waals surface area contributed by atoms with Gasteiger partial charge in [0.05, 0.1) is 68.1 Å². The number of rotatable bonds is 28. The van der Waals surface area contributed by atoms with Gasteiger partial charge in [-0.2, -0.15) is 0 Å². The summed E-state index contributed by atoms with van der Waals surface area (Å²) in [7, 11) is 0. The number of thiazole rings is 2. The zero-order valence-electron chi connectivity index (χ0n) is 50.7. The van der Waals surface area contributed by atoms with Crippen LogP contribution in [0.15, 0.2) is 108 Å². The number of aryl methyl sites for hydroxylation is 1. The molecule has 0 spiro atoms. The van der Waals surface area contributed by atoms with E-state index < -0.39 is 29.6 Å². The molecule has 5 amide bonds. The highest BCUT2D eigenvalue weighted by Gasteiger charge is 2.32. The van der Waals surface area contributed by atoms with Crippen LogP contribution in [0, 0.1) is 17.7 Å². The molecule has 2 saturated heterocycles. The SMILES string of the molecule is C=C1CN(C(C)C(=O)NC(C)=O)C/C1=C(/C=C\C)NC(=O)COCCOCCOCC1=CN(CCCC(=O)N2CCN(CC#Cc3ccc(OCCCc4sc(N5CCc6cccc(C(=O)Nc7nc8ccccc8s7)c6C5)nc4C(=O)O)c(F)c3)CC2)NN1. The molecule has 0 saturated carbocycles. The van der Waals surface area contributed by atoms with E-state index in [1.54, 1.807) is 37.3 Å². The first-order chi connectivity index (χ1) is 43.6. The molecule has 4 aliphatic rings. The van der Waals surface area contributed by atoms with Crippen molar-refractivity contribution in [2.75, 3.05) is 115 Å². The number of likely N-dealkylation sites (tertiary alicyclic amines) is 1. The highest BCUT2D eigenvalue weighted by atomic mass is 32.1. The van der Waals surface area contributed by atoms with Gasteiger partial charge in [-0.15, -0.1) is 16.9 Å². The first-order valence-electron chi connectivity index (χ1n) is 29.9. The molecule has 9 rings (SSSR count). The molecule has 476 valence electrons. The van der Waals surface area contributed by atoms with Gasteiger partial charge >= 0.3 is 5.97 Å². The normalized spacial score (nSPS) is 16.1. The second-order valence-corrected chi connectivity index (χ2v) is 23.9. The molecule has 3 aromatic carbocycles. The van der Waals surface area contributed by atoms with Crippen molar-refractivity contribution in [1.29, 1.82) is 0 Å². The van der Waals surface area contributed by atoms with E-state index in [4.69, 9.17) is 18.9 Å². The number of benzene rings is 3. The Hall–Kier alpha value is -8.39. The number of fused-ring (bicyclic) bond motifs is 2. The second-order valence-electron chi connectivity index (χ2n) is 21.8. The lowest BCUT2D eigenvalue weighted by molar-refractivity contribution is -0.133. The van der Waals surface area contributed by atoms with Crippen LogP contribution in [0.4, 0.5) is 14.7 Å². The number of carbonyl (C=O) groups is 6. The lowest BCUT2D eigenvalue weighted by Crippen LogP contribution is -2.48. The Morgan fingerprint density at radius 2 is 1.70 bits per heavy atom. The van der Waals surface area contributed by atoms with Crippen LogP contribution in [0.3, 0.4) is 0 Å². The molecule has 1 unspecified atom stereocenters. The van der Waals surface area contributed by atoms with Gasteiger partial charge in [0.2, 0.25) is 23.6 Å². The third kappa shape index (κ3) is 18.4. The number of carboxylic acids is 1. The van der Waals surface area contributed by atoms with Crippen molar-refractivity contribution in [3.63, 3.8) is 0 Å². The number of nitrogens with one attached hydrogen (secondary N) is 5. The summed E-state index contributed by atoms with van der Waals surface area (Å²) in [5, 5.41) is 21.2. The summed E-state index contributed by atoms with van der Waals surface area (Å²) in [5.41, 5.74) is 12.9. The molecule has 90 heavy (non-hydrogen) atoms. The fourth-order valence-electron chi connectivity index (χ4n) is 10.5. The van der Waals surface area contributed by atoms with E-state index in [2.05, 4.69) is 60.2 Å². The predicted octanol–water partition coefficient (Wildman–Crippen LogP) is 5.78. The number of aromatic carboxylic acids is 1. The number of amides is 5. The zero-order chi connectivity index (χ0) is 63.5. The number of aromatic nitrogens is 2. The van der Waals surface area contributed by atoms with E-state index in [1.165, 1.54) is 35.7 Å². The Morgan fingerprint density at radius 3 is 2.48 bits per heavy atom. The fourth-order valence-corrected chi connectivity index (χ4v) is 12.5. The highest BCUT2D eigenvalue weighted by molar-refractivity contribution is 7.22. The van der Waals surface area contributed by atoms with Gasteiger partial charge in [0.1, 0.15) is 6.61 Å². The number of piperazine rings is 1. The molecule has 6 heterocycles. The van der Waals surface area contributed by atoms with Crippen LogP contribution in [0.1, 0.15) is 82.4 Å². The van der Waals surface area contributed by atoms with Gasteiger partial charge in [0.15, 0.2) is 27.5 Å². The third-order valence-electron chi connectivity index (χ3n) is 15.2. The molecular formula is C64H75FN12O11S2. The number of halogens is 1. The van der Waals surface area contributed by atoms with Crippen molar-refractivity contribution >= 4 is 78.7 Å². The molecule has 5 aromatic rings.